The summed E-state index contributed by atoms with van der Waals surface area (Å²) in [5.74, 6) is -0.323. The molecule has 1 aromatic heterocycles. The summed E-state index contributed by atoms with van der Waals surface area (Å²) in [7, 11) is 0. The Bertz CT molecular complexity index is 779. The number of aryl methyl sites for hydroxylation is 2. The second kappa shape index (κ2) is 7.77. The van der Waals surface area contributed by atoms with Crippen molar-refractivity contribution in [2.24, 2.45) is 0 Å². The van der Waals surface area contributed by atoms with Gasteiger partial charge in [-0.15, -0.1) is 0 Å². The van der Waals surface area contributed by atoms with Gasteiger partial charge in [0.05, 0.1) is 0 Å². The van der Waals surface area contributed by atoms with Crippen LogP contribution in [-0.2, 0) is 6.54 Å². The number of rotatable bonds is 6. The van der Waals surface area contributed by atoms with Gasteiger partial charge in [0.2, 0.25) is 0 Å². The number of amides is 1. The van der Waals surface area contributed by atoms with E-state index in [0.717, 1.165) is 30.0 Å². The molecule has 0 spiro atoms. The molecule has 0 saturated heterocycles. The predicted molar refractivity (Wildman–Crippen MR) is 96.9 cm³/mol. The third kappa shape index (κ3) is 3.82. The van der Waals surface area contributed by atoms with E-state index in [1.54, 1.807) is 0 Å². The molecule has 0 aliphatic rings. The zero-order chi connectivity index (χ0) is 17.7. The minimum absolute atomic E-state index is 0.214. The first-order chi connectivity index (χ1) is 11.5. The van der Waals surface area contributed by atoms with E-state index in [0.29, 0.717) is 6.54 Å². The average Bonchev–Trinajstić information content (AvgIpc) is 2.58. The molecule has 2 rings (SSSR count). The highest BCUT2D eigenvalue weighted by Crippen LogP contribution is 2.23. The highest BCUT2D eigenvalue weighted by molar-refractivity contribution is 6.03. The Morgan fingerprint density at radius 3 is 2.46 bits per heavy atom. The first-order valence-electron chi connectivity index (χ1n) is 8.25. The summed E-state index contributed by atoms with van der Waals surface area (Å²) >= 11 is 0. The van der Waals surface area contributed by atoms with E-state index < -0.39 is 0 Å². The van der Waals surface area contributed by atoms with Gasteiger partial charge in [0.15, 0.2) is 0 Å². The van der Waals surface area contributed by atoms with Crippen molar-refractivity contribution >= 4 is 17.3 Å². The molecule has 0 unspecified atom stereocenters. The van der Waals surface area contributed by atoms with Gasteiger partial charge in [0.1, 0.15) is 5.69 Å². The number of hydrogen-bond donors (Lipinski definition) is 1. The third-order valence-corrected chi connectivity index (χ3v) is 3.99. The van der Waals surface area contributed by atoms with Crippen LogP contribution in [0.5, 0.6) is 0 Å². The molecule has 6 heteroatoms. The lowest BCUT2D eigenvalue weighted by Gasteiger charge is -2.22. The summed E-state index contributed by atoms with van der Waals surface area (Å²) < 4.78 is 1.27. The molecule has 0 radical (unpaired) electrons. The Balaban J connectivity index is 2.21. The molecule has 1 amide bonds. The van der Waals surface area contributed by atoms with Crippen molar-refractivity contribution in [3.63, 3.8) is 0 Å². The number of aromatic nitrogens is 2. The molecule has 1 heterocycles. The maximum Gasteiger partial charge on any atom is 0.276 e. The van der Waals surface area contributed by atoms with E-state index in [9.17, 15) is 9.59 Å². The van der Waals surface area contributed by atoms with Crippen LogP contribution in [0.4, 0.5) is 11.4 Å². The molecule has 0 fully saturated rings. The SMILES string of the molecule is CCN(CC)c1ccc(NC(=O)c2ccc(=O)n(CC)n2)c(C)c1. The number of carbonyl (C=O) groups excluding carboxylic acids is 1. The zero-order valence-corrected chi connectivity index (χ0v) is 14.7. The molecule has 0 atom stereocenters. The standard InChI is InChI=1S/C18H24N4O2/c1-5-21(6-2)14-8-9-15(13(4)12-14)19-18(24)16-10-11-17(23)22(7-3)20-16/h8-12H,5-7H2,1-4H3,(H,19,24). The molecule has 128 valence electrons. The molecule has 24 heavy (non-hydrogen) atoms. The van der Waals surface area contributed by atoms with Crippen LogP contribution in [0.15, 0.2) is 35.1 Å². The Kier molecular flexibility index (Phi) is 5.73. The maximum absolute atomic E-state index is 12.4. The van der Waals surface area contributed by atoms with Crippen LogP contribution in [-0.4, -0.2) is 28.8 Å². The molecule has 6 nitrogen and oxygen atoms in total. The van der Waals surface area contributed by atoms with E-state index in [4.69, 9.17) is 0 Å². The maximum atomic E-state index is 12.4. The summed E-state index contributed by atoms with van der Waals surface area (Å²) in [5, 5.41) is 6.94. The van der Waals surface area contributed by atoms with Gasteiger partial charge in [-0.25, -0.2) is 4.68 Å². The quantitative estimate of drug-likeness (QED) is 0.885. The topological polar surface area (TPSA) is 67.2 Å². The van der Waals surface area contributed by atoms with E-state index >= 15 is 0 Å². The van der Waals surface area contributed by atoms with Gasteiger partial charge in [-0.2, -0.15) is 5.10 Å². The summed E-state index contributed by atoms with van der Waals surface area (Å²) in [6.07, 6.45) is 0. The van der Waals surface area contributed by atoms with Crippen molar-refractivity contribution in [3.8, 4) is 0 Å². The third-order valence-electron chi connectivity index (χ3n) is 3.99. The van der Waals surface area contributed by atoms with Crippen molar-refractivity contribution in [3.05, 3.63) is 51.9 Å². The first-order valence-corrected chi connectivity index (χ1v) is 8.25. The lowest BCUT2D eigenvalue weighted by Crippen LogP contribution is -2.25. The Labute approximate surface area is 142 Å². The van der Waals surface area contributed by atoms with Gasteiger partial charge in [0, 0.05) is 37.1 Å². The molecule has 1 aromatic carbocycles. The van der Waals surface area contributed by atoms with Crippen LogP contribution in [0.1, 0.15) is 36.8 Å². The molecule has 1 N–H and O–H groups in total. The van der Waals surface area contributed by atoms with Crippen LogP contribution in [0.2, 0.25) is 0 Å². The normalized spacial score (nSPS) is 10.5. The summed E-state index contributed by atoms with van der Waals surface area (Å²) in [4.78, 5) is 26.2. The number of nitrogens with one attached hydrogen (secondary N) is 1. The number of carbonyl (C=O) groups is 1. The van der Waals surface area contributed by atoms with Crippen LogP contribution >= 0.6 is 0 Å². The van der Waals surface area contributed by atoms with Crippen LogP contribution in [0, 0.1) is 6.92 Å². The second-order valence-electron chi connectivity index (χ2n) is 5.50. The largest absolute Gasteiger partial charge is 0.372 e. The zero-order valence-electron chi connectivity index (χ0n) is 14.7. The molecule has 0 aliphatic carbocycles. The van der Waals surface area contributed by atoms with Crippen LogP contribution in [0.25, 0.3) is 0 Å². The van der Waals surface area contributed by atoms with Crippen LogP contribution < -0.4 is 15.8 Å². The van der Waals surface area contributed by atoms with Gasteiger partial charge >= 0.3 is 0 Å². The summed E-state index contributed by atoms with van der Waals surface area (Å²) in [5.41, 5.74) is 2.87. The highest BCUT2D eigenvalue weighted by Gasteiger charge is 2.12. The summed E-state index contributed by atoms with van der Waals surface area (Å²) in [6.45, 7) is 10.3. The molecule has 0 saturated carbocycles. The lowest BCUT2D eigenvalue weighted by atomic mass is 10.1. The highest BCUT2D eigenvalue weighted by atomic mass is 16.2. The van der Waals surface area contributed by atoms with Gasteiger partial charge in [0.25, 0.3) is 11.5 Å². The van der Waals surface area contributed by atoms with Crippen molar-refractivity contribution < 1.29 is 4.79 Å². The van der Waals surface area contributed by atoms with Crippen molar-refractivity contribution in [2.45, 2.75) is 34.2 Å². The molecule has 2 aromatic rings. The second-order valence-corrected chi connectivity index (χ2v) is 5.50. The minimum Gasteiger partial charge on any atom is -0.372 e. The number of hydrogen-bond acceptors (Lipinski definition) is 4. The predicted octanol–water partition coefficient (Wildman–Crippen LogP) is 2.67. The number of nitrogens with zero attached hydrogens (tertiary/aromatic N) is 3. The first kappa shape index (κ1) is 17.7. The summed E-state index contributed by atoms with van der Waals surface area (Å²) in [6, 6.07) is 8.76. The fourth-order valence-corrected chi connectivity index (χ4v) is 2.56. The average molecular weight is 328 g/mol. The van der Waals surface area contributed by atoms with Gasteiger partial charge in [-0.1, -0.05) is 0 Å². The monoisotopic (exact) mass is 328 g/mol. The Hall–Kier alpha value is -2.63. The fraction of sp³-hybridized carbons (Fsp3) is 0.389. The minimum atomic E-state index is -0.323. The van der Waals surface area contributed by atoms with E-state index in [1.165, 1.54) is 16.8 Å². The van der Waals surface area contributed by atoms with E-state index in [2.05, 4.69) is 35.2 Å². The Morgan fingerprint density at radius 2 is 1.88 bits per heavy atom. The van der Waals surface area contributed by atoms with E-state index in [-0.39, 0.29) is 17.2 Å². The number of anilines is 2. The van der Waals surface area contributed by atoms with Crippen molar-refractivity contribution in [1.29, 1.82) is 0 Å². The Morgan fingerprint density at radius 1 is 1.17 bits per heavy atom. The number of benzene rings is 1. The van der Waals surface area contributed by atoms with Gasteiger partial charge in [-0.3, -0.25) is 9.59 Å². The fourth-order valence-electron chi connectivity index (χ4n) is 2.56. The smallest absolute Gasteiger partial charge is 0.276 e. The molecular weight excluding hydrogens is 304 g/mol. The van der Waals surface area contributed by atoms with Gasteiger partial charge in [-0.05, 0) is 57.5 Å². The molecule has 0 bridgehead atoms. The van der Waals surface area contributed by atoms with Gasteiger partial charge < -0.3 is 10.2 Å². The molecule has 0 aliphatic heterocycles. The van der Waals surface area contributed by atoms with Crippen LogP contribution in [0.3, 0.4) is 0 Å². The van der Waals surface area contributed by atoms with E-state index in [1.807, 2.05) is 26.0 Å². The molecular formula is C18H24N4O2. The van der Waals surface area contributed by atoms with Crippen molar-refractivity contribution in [2.75, 3.05) is 23.3 Å². The van der Waals surface area contributed by atoms with Crippen molar-refractivity contribution in [1.82, 2.24) is 9.78 Å². The lowest BCUT2D eigenvalue weighted by molar-refractivity contribution is 0.102.